The van der Waals surface area contributed by atoms with Crippen molar-refractivity contribution < 1.29 is 14.3 Å². The second kappa shape index (κ2) is 8.39. The zero-order chi connectivity index (χ0) is 19.4. The molecule has 0 atom stereocenters. The molecule has 0 spiro atoms. The van der Waals surface area contributed by atoms with E-state index in [1.165, 1.54) is 30.6 Å². The van der Waals surface area contributed by atoms with Crippen LogP contribution >= 0.6 is 34.5 Å². The van der Waals surface area contributed by atoms with Gasteiger partial charge in [-0.25, -0.2) is 4.98 Å². The van der Waals surface area contributed by atoms with Crippen LogP contribution in [-0.4, -0.2) is 23.9 Å². The Labute approximate surface area is 169 Å². The normalized spacial score (nSPS) is 10.3. The van der Waals surface area contributed by atoms with Crippen LogP contribution in [0.1, 0.15) is 20.7 Å². The van der Waals surface area contributed by atoms with Crippen molar-refractivity contribution in [2.45, 2.75) is 0 Å². The second-order valence-corrected chi connectivity index (χ2v) is 7.00. The predicted octanol–water partition coefficient (Wildman–Crippen LogP) is 4.96. The molecular weight excluding hydrogens is 409 g/mol. The highest BCUT2D eigenvalue weighted by atomic mass is 35.5. The van der Waals surface area contributed by atoms with Gasteiger partial charge in [0.1, 0.15) is 5.75 Å². The molecule has 3 rings (SSSR count). The Morgan fingerprint density at radius 3 is 2.52 bits per heavy atom. The fourth-order valence-corrected chi connectivity index (χ4v) is 3.46. The molecule has 27 heavy (non-hydrogen) atoms. The summed E-state index contributed by atoms with van der Waals surface area (Å²) in [5.74, 6) is -0.703. The van der Waals surface area contributed by atoms with Crippen molar-refractivity contribution in [2.24, 2.45) is 0 Å². The fraction of sp³-hybridized carbons (Fsp3) is 0.0556. The summed E-state index contributed by atoms with van der Waals surface area (Å²) >= 11 is 13.4. The largest absolute Gasteiger partial charge is 0.494 e. The van der Waals surface area contributed by atoms with Gasteiger partial charge in [-0.05, 0) is 24.3 Å². The number of rotatable bonds is 5. The molecule has 9 heteroatoms. The zero-order valence-electron chi connectivity index (χ0n) is 14.0. The molecule has 1 aromatic heterocycles. The minimum absolute atomic E-state index is 0.158. The Bertz CT molecular complexity index is 994. The molecule has 0 fully saturated rings. The molecule has 1 heterocycles. The average Bonchev–Trinajstić information content (AvgIpc) is 3.14. The van der Waals surface area contributed by atoms with Crippen molar-refractivity contribution >= 4 is 57.2 Å². The van der Waals surface area contributed by atoms with Gasteiger partial charge in [-0.2, -0.15) is 0 Å². The molecule has 3 aromatic rings. The number of carbonyl (C=O) groups is 2. The Morgan fingerprint density at radius 1 is 1.07 bits per heavy atom. The van der Waals surface area contributed by atoms with Crippen molar-refractivity contribution in [3.63, 3.8) is 0 Å². The van der Waals surface area contributed by atoms with Gasteiger partial charge >= 0.3 is 0 Å². The summed E-state index contributed by atoms with van der Waals surface area (Å²) in [5.41, 5.74) is 0.771. The maximum Gasteiger partial charge on any atom is 0.259 e. The fourth-order valence-electron chi connectivity index (χ4n) is 2.37. The van der Waals surface area contributed by atoms with Gasteiger partial charge in [0.2, 0.25) is 0 Å². The van der Waals surface area contributed by atoms with E-state index in [0.29, 0.717) is 15.8 Å². The lowest BCUT2D eigenvalue weighted by Crippen LogP contribution is -2.18. The van der Waals surface area contributed by atoms with Crippen molar-refractivity contribution in [2.75, 3.05) is 17.7 Å². The van der Waals surface area contributed by atoms with Crippen LogP contribution < -0.4 is 15.4 Å². The summed E-state index contributed by atoms with van der Waals surface area (Å²) in [6.07, 6.45) is 1.59. The average molecular weight is 422 g/mol. The number of thiazole rings is 1. The number of amides is 2. The van der Waals surface area contributed by atoms with Crippen LogP contribution in [0.5, 0.6) is 5.75 Å². The van der Waals surface area contributed by atoms with E-state index in [-0.39, 0.29) is 21.9 Å². The summed E-state index contributed by atoms with van der Waals surface area (Å²) in [7, 11) is 1.40. The quantitative estimate of drug-likeness (QED) is 0.609. The van der Waals surface area contributed by atoms with E-state index >= 15 is 0 Å². The Hall–Kier alpha value is -2.61. The monoisotopic (exact) mass is 421 g/mol. The number of para-hydroxylation sites is 1. The van der Waals surface area contributed by atoms with Crippen LogP contribution in [0.3, 0.4) is 0 Å². The van der Waals surface area contributed by atoms with Crippen LogP contribution in [0.25, 0.3) is 0 Å². The highest BCUT2D eigenvalue weighted by Gasteiger charge is 2.19. The summed E-state index contributed by atoms with van der Waals surface area (Å²) in [4.78, 5) is 29.3. The third kappa shape index (κ3) is 4.39. The van der Waals surface area contributed by atoms with Gasteiger partial charge in [0, 0.05) is 16.6 Å². The molecule has 0 unspecified atom stereocenters. The third-order valence-electron chi connectivity index (χ3n) is 3.53. The van der Waals surface area contributed by atoms with Gasteiger partial charge in [-0.1, -0.05) is 35.3 Å². The Morgan fingerprint density at radius 2 is 1.81 bits per heavy atom. The van der Waals surface area contributed by atoms with Crippen molar-refractivity contribution in [3.05, 3.63) is 69.1 Å². The lowest BCUT2D eigenvalue weighted by molar-refractivity contribution is 0.102. The molecule has 6 nitrogen and oxygen atoms in total. The van der Waals surface area contributed by atoms with Crippen molar-refractivity contribution in [1.82, 2.24) is 4.98 Å². The first-order valence-electron chi connectivity index (χ1n) is 7.64. The molecule has 138 valence electrons. The lowest BCUT2D eigenvalue weighted by Gasteiger charge is -2.13. The molecule has 2 N–H and O–H groups in total. The first kappa shape index (κ1) is 19.2. The van der Waals surface area contributed by atoms with Gasteiger partial charge in [0.25, 0.3) is 11.8 Å². The van der Waals surface area contributed by atoms with Gasteiger partial charge in [0.15, 0.2) is 5.13 Å². The van der Waals surface area contributed by atoms with Gasteiger partial charge in [-0.15, -0.1) is 11.3 Å². The van der Waals surface area contributed by atoms with Crippen LogP contribution in [0.15, 0.2) is 48.0 Å². The molecule has 0 radical (unpaired) electrons. The van der Waals surface area contributed by atoms with E-state index in [0.717, 1.165) is 0 Å². The highest BCUT2D eigenvalue weighted by molar-refractivity contribution is 7.13. The minimum atomic E-state index is -0.509. The SMILES string of the molecule is COc1c(Cl)cc(Cl)cc1C(=O)Nc1ccccc1C(=O)Nc1nccs1. The van der Waals surface area contributed by atoms with E-state index in [4.69, 9.17) is 27.9 Å². The van der Waals surface area contributed by atoms with E-state index in [9.17, 15) is 9.59 Å². The number of halogens is 2. The topological polar surface area (TPSA) is 80.3 Å². The molecule has 0 aliphatic rings. The van der Waals surface area contributed by atoms with Crippen LogP contribution in [0, 0.1) is 0 Å². The number of benzene rings is 2. The smallest absolute Gasteiger partial charge is 0.259 e. The summed E-state index contributed by atoms with van der Waals surface area (Å²) in [6, 6.07) is 9.54. The van der Waals surface area contributed by atoms with Gasteiger partial charge in [-0.3, -0.25) is 14.9 Å². The number of anilines is 2. The number of nitrogens with one attached hydrogen (secondary N) is 2. The van der Waals surface area contributed by atoms with Crippen LogP contribution in [0.2, 0.25) is 10.0 Å². The van der Waals surface area contributed by atoms with Crippen LogP contribution in [-0.2, 0) is 0 Å². The second-order valence-electron chi connectivity index (χ2n) is 5.26. The third-order valence-corrected chi connectivity index (χ3v) is 4.72. The number of methoxy groups -OCH3 is 1. The number of hydrogen-bond donors (Lipinski definition) is 2. The molecule has 2 aromatic carbocycles. The first-order valence-corrected chi connectivity index (χ1v) is 9.27. The molecule has 0 saturated carbocycles. The van der Waals surface area contributed by atoms with Gasteiger partial charge < -0.3 is 10.1 Å². The Kier molecular flexibility index (Phi) is 5.95. The minimum Gasteiger partial charge on any atom is -0.494 e. The maximum absolute atomic E-state index is 12.7. The molecule has 2 amide bonds. The molecule has 0 aliphatic heterocycles. The Balaban J connectivity index is 1.88. The van der Waals surface area contributed by atoms with E-state index in [2.05, 4.69) is 15.6 Å². The van der Waals surface area contributed by atoms with E-state index in [1.807, 2.05) is 0 Å². The standard InChI is InChI=1S/C18H13Cl2N3O3S/c1-26-15-12(8-10(19)9-13(15)20)17(25)22-14-5-3-2-4-11(14)16(24)23-18-21-6-7-27-18/h2-9H,1H3,(H,22,25)(H,21,23,24). The predicted molar refractivity (Wildman–Crippen MR) is 107 cm³/mol. The van der Waals surface area contributed by atoms with Crippen molar-refractivity contribution in [3.8, 4) is 5.75 Å². The number of ether oxygens (including phenoxy) is 1. The lowest BCUT2D eigenvalue weighted by atomic mass is 10.1. The number of aromatic nitrogens is 1. The summed E-state index contributed by atoms with van der Waals surface area (Å²) in [6.45, 7) is 0. The van der Waals surface area contributed by atoms with E-state index < -0.39 is 11.8 Å². The zero-order valence-corrected chi connectivity index (χ0v) is 16.3. The number of hydrogen-bond acceptors (Lipinski definition) is 5. The summed E-state index contributed by atoms with van der Waals surface area (Å²) < 4.78 is 5.20. The van der Waals surface area contributed by atoms with Gasteiger partial charge in [0.05, 0.1) is 28.9 Å². The molecule has 0 aliphatic carbocycles. The van der Waals surface area contributed by atoms with E-state index in [1.54, 1.807) is 35.8 Å². The number of nitrogens with zero attached hydrogens (tertiary/aromatic N) is 1. The number of carbonyl (C=O) groups excluding carboxylic acids is 2. The van der Waals surface area contributed by atoms with Crippen molar-refractivity contribution in [1.29, 1.82) is 0 Å². The highest BCUT2D eigenvalue weighted by Crippen LogP contribution is 2.33. The molecule has 0 bridgehead atoms. The van der Waals surface area contributed by atoms with Crippen LogP contribution in [0.4, 0.5) is 10.8 Å². The molecular formula is C18H13Cl2N3O3S. The summed E-state index contributed by atoms with van der Waals surface area (Å²) in [5, 5.41) is 8.10. The maximum atomic E-state index is 12.7. The first-order chi connectivity index (χ1) is 13.0. The molecule has 0 saturated heterocycles.